The molecule has 0 unspecified atom stereocenters. The summed E-state index contributed by atoms with van der Waals surface area (Å²) >= 11 is 0. The Morgan fingerprint density at radius 2 is 2.45 bits per heavy atom. The van der Waals surface area contributed by atoms with Crippen LogP contribution in [0.25, 0.3) is 0 Å². The van der Waals surface area contributed by atoms with Gasteiger partial charge in [-0.1, -0.05) is 5.92 Å². The van der Waals surface area contributed by atoms with Gasteiger partial charge in [-0.05, 0) is 18.6 Å². The van der Waals surface area contributed by atoms with E-state index in [0.29, 0.717) is 11.3 Å². The van der Waals surface area contributed by atoms with Crippen molar-refractivity contribution in [3.63, 3.8) is 0 Å². The van der Waals surface area contributed by atoms with E-state index in [1.54, 1.807) is 13.0 Å². The number of nitrogens with zero attached hydrogens (tertiary/aromatic N) is 1. The van der Waals surface area contributed by atoms with E-state index >= 15 is 0 Å². The summed E-state index contributed by atoms with van der Waals surface area (Å²) < 4.78 is 0. The summed E-state index contributed by atoms with van der Waals surface area (Å²) in [4.78, 5) is 14.2. The molecule has 2 nitrogen and oxygen atoms in total. The minimum atomic E-state index is 0.448. The van der Waals surface area contributed by atoms with Crippen molar-refractivity contribution in [2.75, 3.05) is 0 Å². The van der Waals surface area contributed by atoms with E-state index in [-0.39, 0.29) is 0 Å². The summed E-state index contributed by atoms with van der Waals surface area (Å²) in [6.07, 6.45) is 7.36. The van der Waals surface area contributed by atoms with Crippen LogP contribution in [-0.2, 0) is 0 Å². The third kappa shape index (κ3) is 1.44. The zero-order valence-corrected chi connectivity index (χ0v) is 6.16. The maximum absolute atomic E-state index is 10.3. The van der Waals surface area contributed by atoms with Gasteiger partial charge in [0.1, 0.15) is 5.69 Å². The van der Waals surface area contributed by atoms with Crippen molar-refractivity contribution in [1.82, 2.24) is 4.98 Å². The standard InChI is InChI=1S/C9H7NO/c1-3-8-4-7(2)9(6-11)10-5-8/h1,4-6H,2H3. The molecule has 0 N–H and O–H groups in total. The molecule has 0 saturated carbocycles. The first-order chi connectivity index (χ1) is 5.27. The van der Waals surface area contributed by atoms with Crippen LogP contribution in [0, 0.1) is 19.3 Å². The second-order valence-electron chi connectivity index (χ2n) is 2.19. The molecule has 0 amide bonds. The number of terminal acetylenes is 1. The molecule has 0 aliphatic heterocycles. The highest BCUT2D eigenvalue weighted by Crippen LogP contribution is 2.03. The van der Waals surface area contributed by atoms with Gasteiger partial charge in [0.15, 0.2) is 6.29 Å². The van der Waals surface area contributed by atoms with Gasteiger partial charge in [-0.25, -0.2) is 0 Å². The molecule has 1 heterocycles. The first-order valence-electron chi connectivity index (χ1n) is 3.16. The Balaban J connectivity index is 3.22. The van der Waals surface area contributed by atoms with Gasteiger partial charge in [-0.15, -0.1) is 6.42 Å². The lowest BCUT2D eigenvalue weighted by Gasteiger charge is -1.95. The average Bonchev–Trinajstić information content (AvgIpc) is 2.04. The number of aldehydes is 1. The fourth-order valence-corrected chi connectivity index (χ4v) is 0.788. The number of carbonyl (C=O) groups excluding carboxylic acids is 1. The van der Waals surface area contributed by atoms with Crippen molar-refractivity contribution in [2.24, 2.45) is 0 Å². The number of hydrogen-bond acceptors (Lipinski definition) is 2. The van der Waals surface area contributed by atoms with Gasteiger partial charge in [-0.2, -0.15) is 0 Å². The fraction of sp³-hybridized carbons (Fsp3) is 0.111. The molecular formula is C9H7NO. The smallest absolute Gasteiger partial charge is 0.168 e. The molecule has 0 spiro atoms. The number of aromatic nitrogens is 1. The molecular weight excluding hydrogens is 138 g/mol. The normalized spacial score (nSPS) is 8.73. The molecule has 54 valence electrons. The highest BCUT2D eigenvalue weighted by atomic mass is 16.1. The van der Waals surface area contributed by atoms with Crippen LogP contribution in [0.3, 0.4) is 0 Å². The van der Waals surface area contributed by atoms with Crippen molar-refractivity contribution in [3.8, 4) is 12.3 Å². The van der Waals surface area contributed by atoms with Crippen molar-refractivity contribution < 1.29 is 4.79 Å². The molecule has 1 rings (SSSR count). The second-order valence-corrected chi connectivity index (χ2v) is 2.19. The highest BCUT2D eigenvalue weighted by Gasteiger charge is 1.97. The summed E-state index contributed by atoms with van der Waals surface area (Å²) in [6, 6.07) is 1.76. The monoisotopic (exact) mass is 145 g/mol. The van der Waals surface area contributed by atoms with Gasteiger partial charge in [0.25, 0.3) is 0 Å². The number of hydrogen-bond donors (Lipinski definition) is 0. The minimum Gasteiger partial charge on any atom is -0.296 e. The average molecular weight is 145 g/mol. The summed E-state index contributed by atoms with van der Waals surface area (Å²) in [5.74, 6) is 2.44. The lowest BCUT2D eigenvalue weighted by molar-refractivity contribution is 0.111. The molecule has 1 aromatic heterocycles. The van der Waals surface area contributed by atoms with Crippen LogP contribution in [0.4, 0.5) is 0 Å². The Labute approximate surface area is 65.3 Å². The molecule has 1 aromatic rings. The largest absolute Gasteiger partial charge is 0.296 e. The molecule has 0 aromatic carbocycles. The Hall–Kier alpha value is -1.62. The lowest BCUT2D eigenvalue weighted by atomic mass is 10.2. The van der Waals surface area contributed by atoms with E-state index in [9.17, 15) is 4.79 Å². The van der Waals surface area contributed by atoms with Crippen molar-refractivity contribution in [2.45, 2.75) is 6.92 Å². The third-order valence-corrected chi connectivity index (χ3v) is 1.40. The number of rotatable bonds is 1. The quantitative estimate of drug-likeness (QED) is 0.438. The Morgan fingerprint density at radius 1 is 1.73 bits per heavy atom. The molecule has 0 aliphatic carbocycles. The van der Waals surface area contributed by atoms with E-state index in [1.165, 1.54) is 6.20 Å². The van der Waals surface area contributed by atoms with E-state index in [1.807, 2.05) is 0 Å². The van der Waals surface area contributed by atoms with Gasteiger partial charge in [0, 0.05) is 11.8 Å². The van der Waals surface area contributed by atoms with E-state index in [0.717, 1.165) is 11.8 Å². The van der Waals surface area contributed by atoms with Crippen molar-refractivity contribution >= 4 is 6.29 Å². The van der Waals surface area contributed by atoms with Crippen molar-refractivity contribution in [1.29, 1.82) is 0 Å². The van der Waals surface area contributed by atoms with Gasteiger partial charge < -0.3 is 0 Å². The van der Waals surface area contributed by atoms with Crippen LogP contribution in [0.1, 0.15) is 21.6 Å². The zero-order valence-electron chi connectivity index (χ0n) is 6.16. The predicted octanol–water partition coefficient (Wildman–Crippen LogP) is 1.18. The number of aryl methyl sites for hydroxylation is 1. The van der Waals surface area contributed by atoms with Crippen molar-refractivity contribution in [3.05, 3.63) is 29.1 Å². The van der Waals surface area contributed by atoms with Gasteiger partial charge in [0.05, 0.1) is 0 Å². The number of pyridine rings is 1. The number of carbonyl (C=O) groups is 1. The molecule has 0 saturated heterocycles. The third-order valence-electron chi connectivity index (χ3n) is 1.40. The first-order valence-corrected chi connectivity index (χ1v) is 3.16. The van der Waals surface area contributed by atoms with Crippen LogP contribution < -0.4 is 0 Å². The maximum Gasteiger partial charge on any atom is 0.168 e. The summed E-state index contributed by atoms with van der Waals surface area (Å²) in [7, 11) is 0. The molecule has 0 bridgehead atoms. The fourth-order valence-electron chi connectivity index (χ4n) is 0.788. The Bertz CT molecular complexity index is 323. The van der Waals surface area contributed by atoms with Crippen LogP contribution in [0.5, 0.6) is 0 Å². The van der Waals surface area contributed by atoms with Gasteiger partial charge in [-0.3, -0.25) is 9.78 Å². The highest BCUT2D eigenvalue weighted by molar-refractivity contribution is 5.74. The minimum absolute atomic E-state index is 0.448. The Morgan fingerprint density at radius 3 is 2.91 bits per heavy atom. The zero-order chi connectivity index (χ0) is 8.27. The summed E-state index contributed by atoms with van der Waals surface area (Å²) in [5.41, 5.74) is 1.97. The van der Waals surface area contributed by atoms with E-state index in [4.69, 9.17) is 6.42 Å². The van der Waals surface area contributed by atoms with Gasteiger partial charge in [0.2, 0.25) is 0 Å². The van der Waals surface area contributed by atoms with Crippen LogP contribution in [0.2, 0.25) is 0 Å². The molecule has 11 heavy (non-hydrogen) atoms. The van der Waals surface area contributed by atoms with Crippen LogP contribution in [0.15, 0.2) is 12.3 Å². The molecule has 0 radical (unpaired) electrons. The van der Waals surface area contributed by atoms with Crippen LogP contribution in [-0.4, -0.2) is 11.3 Å². The Kier molecular flexibility index (Phi) is 2.03. The van der Waals surface area contributed by atoms with E-state index in [2.05, 4.69) is 10.9 Å². The van der Waals surface area contributed by atoms with Crippen LogP contribution >= 0.6 is 0 Å². The van der Waals surface area contributed by atoms with Gasteiger partial charge >= 0.3 is 0 Å². The SMILES string of the molecule is C#Cc1cnc(C=O)c(C)c1. The molecule has 0 aliphatic rings. The predicted molar refractivity (Wildman–Crippen MR) is 42.3 cm³/mol. The first kappa shape index (κ1) is 7.49. The lowest BCUT2D eigenvalue weighted by Crippen LogP contribution is -1.91. The summed E-state index contributed by atoms with van der Waals surface area (Å²) in [6.45, 7) is 1.80. The molecule has 0 fully saturated rings. The van der Waals surface area contributed by atoms with E-state index < -0.39 is 0 Å². The summed E-state index contributed by atoms with van der Waals surface area (Å²) in [5, 5.41) is 0. The molecule has 0 atom stereocenters. The maximum atomic E-state index is 10.3. The topological polar surface area (TPSA) is 30.0 Å². The second kappa shape index (κ2) is 2.98. The molecule has 2 heteroatoms.